The van der Waals surface area contributed by atoms with Gasteiger partial charge in [0.15, 0.2) is 5.43 Å². The van der Waals surface area contributed by atoms with E-state index in [1.807, 2.05) is 30.3 Å². The minimum absolute atomic E-state index is 0.128. The van der Waals surface area contributed by atoms with Gasteiger partial charge < -0.3 is 10.2 Å². The molecule has 3 nitrogen and oxygen atoms in total. The molecule has 0 saturated carbocycles. The summed E-state index contributed by atoms with van der Waals surface area (Å²) in [4.78, 5) is 15.4. The Balaban J connectivity index is 2.04. The van der Waals surface area contributed by atoms with Gasteiger partial charge in [-0.05, 0) is 59.9 Å². The number of likely N-dealkylation sites (N-methyl/N-ethyl adjacent to an activating group) is 1. The lowest BCUT2D eigenvalue weighted by Gasteiger charge is -2.19. The zero-order valence-electron chi connectivity index (χ0n) is 13.9. The molecule has 0 spiro atoms. The highest BCUT2D eigenvalue weighted by Gasteiger charge is 2.12. The summed E-state index contributed by atoms with van der Waals surface area (Å²) < 4.78 is 3.25. The van der Waals surface area contributed by atoms with Crippen LogP contribution < -0.4 is 10.7 Å². The highest BCUT2D eigenvalue weighted by Crippen LogP contribution is 2.32. The molecule has 0 amide bonds. The average Bonchev–Trinajstić information content (AvgIpc) is 2.61. The van der Waals surface area contributed by atoms with Crippen LogP contribution in [0.1, 0.15) is 13.8 Å². The molecule has 0 aliphatic heterocycles. The lowest BCUT2D eigenvalue weighted by Crippen LogP contribution is -2.28. The van der Waals surface area contributed by atoms with E-state index in [4.69, 9.17) is 0 Å². The van der Waals surface area contributed by atoms with E-state index < -0.39 is 0 Å². The molecule has 1 heterocycles. The van der Waals surface area contributed by atoms with Crippen molar-refractivity contribution in [1.29, 1.82) is 0 Å². The first-order valence-corrected chi connectivity index (χ1v) is 10.2. The van der Waals surface area contributed by atoms with Crippen LogP contribution in [-0.2, 0) is 0 Å². The van der Waals surface area contributed by atoms with E-state index in [0.29, 0.717) is 0 Å². The van der Waals surface area contributed by atoms with Gasteiger partial charge in [0.25, 0.3) is 0 Å². The fourth-order valence-corrected chi connectivity index (χ4v) is 4.79. The van der Waals surface area contributed by atoms with Crippen molar-refractivity contribution in [2.24, 2.45) is 0 Å². The second-order valence-corrected chi connectivity index (χ2v) is 7.89. The van der Waals surface area contributed by atoms with E-state index >= 15 is 0 Å². The van der Waals surface area contributed by atoms with Gasteiger partial charge in [-0.1, -0.05) is 26.0 Å². The number of benzene rings is 2. The number of rotatable bonds is 6. The molecule has 5 heteroatoms. The van der Waals surface area contributed by atoms with E-state index in [2.05, 4.69) is 52.7 Å². The quantitative estimate of drug-likeness (QED) is 0.432. The van der Waals surface area contributed by atoms with Gasteiger partial charge in [0, 0.05) is 32.4 Å². The van der Waals surface area contributed by atoms with Gasteiger partial charge in [0.2, 0.25) is 0 Å². The molecule has 1 aromatic heterocycles. The lowest BCUT2D eigenvalue weighted by atomic mass is 10.1. The molecule has 0 aliphatic rings. The fourth-order valence-electron chi connectivity index (χ4n) is 2.91. The summed E-state index contributed by atoms with van der Waals surface area (Å²) in [6, 6.07) is 12.0. The third-order valence-electron chi connectivity index (χ3n) is 4.32. The molecule has 126 valence electrons. The topological polar surface area (TPSA) is 32.3 Å². The summed E-state index contributed by atoms with van der Waals surface area (Å²) in [5, 5.41) is 5.11. The SMILES string of the molecule is CCN(CC)CCNc1ccc(I)c2sc3ccccc3c(=O)c12. The van der Waals surface area contributed by atoms with Gasteiger partial charge >= 0.3 is 0 Å². The third-order valence-corrected chi connectivity index (χ3v) is 6.79. The second-order valence-electron chi connectivity index (χ2n) is 5.68. The first-order chi connectivity index (χ1) is 11.7. The van der Waals surface area contributed by atoms with E-state index in [9.17, 15) is 4.79 Å². The van der Waals surface area contributed by atoms with Gasteiger partial charge in [0.05, 0.1) is 10.1 Å². The average molecular weight is 452 g/mol. The van der Waals surface area contributed by atoms with Crippen LogP contribution in [-0.4, -0.2) is 31.1 Å². The Morgan fingerprint density at radius 1 is 1.12 bits per heavy atom. The minimum Gasteiger partial charge on any atom is -0.383 e. The van der Waals surface area contributed by atoms with Gasteiger partial charge in [-0.3, -0.25) is 4.79 Å². The molecule has 0 saturated heterocycles. The molecule has 0 aliphatic carbocycles. The summed E-state index contributed by atoms with van der Waals surface area (Å²) in [5.74, 6) is 0. The smallest absolute Gasteiger partial charge is 0.197 e. The minimum atomic E-state index is 0.128. The van der Waals surface area contributed by atoms with Crippen LogP contribution in [0, 0.1) is 3.57 Å². The number of anilines is 1. The second kappa shape index (κ2) is 7.80. The maximum Gasteiger partial charge on any atom is 0.197 e. The molecular formula is C19H21IN2OS. The van der Waals surface area contributed by atoms with Crippen molar-refractivity contribution in [2.45, 2.75) is 13.8 Å². The first-order valence-electron chi connectivity index (χ1n) is 8.26. The summed E-state index contributed by atoms with van der Waals surface area (Å²) in [6.45, 7) is 8.26. The highest BCUT2D eigenvalue weighted by molar-refractivity contribution is 14.1. The number of hydrogen-bond donors (Lipinski definition) is 1. The van der Waals surface area contributed by atoms with Crippen LogP contribution in [0.4, 0.5) is 5.69 Å². The predicted molar refractivity (Wildman–Crippen MR) is 115 cm³/mol. The largest absolute Gasteiger partial charge is 0.383 e. The Morgan fingerprint density at radius 2 is 1.88 bits per heavy atom. The molecule has 0 unspecified atom stereocenters. The monoisotopic (exact) mass is 452 g/mol. The van der Waals surface area contributed by atoms with Crippen molar-refractivity contribution < 1.29 is 0 Å². The molecule has 3 rings (SSSR count). The maximum atomic E-state index is 13.0. The van der Waals surface area contributed by atoms with Gasteiger partial charge in [-0.2, -0.15) is 0 Å². The number of fused-ring (bicyclic) bond motifs is 2. The molecule has 1 N–H and O–H groups in total. The Kier molecular flexibility index (Phi) is 5.73. The van der Waals surface area contributed by atoms with E-state index in [1.165, 1.54) is 0 Å². The zero-order valence-corrected chi connectivity index (χ0v) is 16.9. The van der Waals surface area contributed by atoms with Gasteiger partial charge in [0.1, 0.15) is 0 Å². The molecule has 0 radical (unpaired) electrons. The predicted octanol–water partition coefficient (Wildman–Crippen LogP) is 4.77. The van der Waals surface area contributed by atoms with Crippen LogP contribution in [0.2, 0.25) is 0 Å². The van der Waals surface area contributed by atoms with Gasteiger partial charge in [-0.15, -0.1) is 11.3 Å². The van der Waals surface area contributed by atoms with Gasteiger partial charge in [-0.25, -0.2) is 0 Å². The van der Waals surface area contributed by atoms with Crippen molar-refractivity contribution in [1.82, 2.24) is 4.90 Å². The van der Waals surface area contributed by atoms with Crippen molar-refractivity contribution in [2.75, 3.05) is 31.5 Å². The lowest BCUT2D eigenvalue weighted by molar-refractivity contribution is 0.316. The molecular weight excluding hydrogens is 431 g/mol. The Hall–Kier alpha value is -1.18. The third kappa shape index (κ3) is 3.43. The Morgan fingerprint density at radius 3 is 2.62 bits per heavy atom. The number of nitrogens with zero attached hydrogens (tertiary/aromatic N) is 1. The van der Waals surface area contributed by atoms with Crippen LogP contribution in [0.3, 0.4) is 0 Å². The van der Waals surface area contributed by atoms with Crippen LogP contribution >= 0.6 is 33.9 Å². The standard InChI is InChI=1S/C19H21IN2OS/c1-3-22(4-2)12-11-21-15-10-9-14(20)19-17(15)18(23)13-7-5-6-8-16(13)24-19/h5-10,21H,3-4,11-12H2,1-2H3. The Bertz CT molecular complexity index is 918. The summed E-state index contributed by atoms with van der Waals surface area (Å²) in [5.41, 5.74) is 1.08. The summed E-state index contributed by atoms with van der Waals surface area (Å²) >= 11 is 4.02. The zero-order chi connectivity index (χ0) is 17.1. The molecule has 0 bridgehead atoms. The molecule has 24 heavy (non-hydrogen) atoms. The van der Waals surface area contributed by atoms with Crippen LogP contribution in [0.25, 0.3) is 20.2 Å². The Labute approximate surface area is 159 Å². The van der Waals surface area contributed by atoms with Crippen LogP contribution in [0.15, 0.2) is 41.2 Å². The van der Waals surface area contributed by atoms with E-state index in [1.54, 1.807) is 11.3 Å². The van der Waals surface area contributed by atoms with Crippen molar-refractivity contribution in [3.8, 4) is 0 Å². The first kappa shape index (κ1) is 17.6. The molecule has 0 atom stereocenters. The number of hydrogen-bond acceptors (Lipinski definition) is 4. The molecule has 0 fully saturated rings. The van der Waals surface area contributed by atoms with Crippen LogP contribution in [0.5, 0.6) is 0 Å². The fraction of sp³-hybridized carbons (Fsp3) is 0.316. The number of halogens is 1. The number of nitrogens with one attached hydrogen (secondary N) is 1. The van der Waals surface area contributed by atoms with E-state index in [0.717, 1.165) is 55.6 Å². The summed E-state index contributed by atoms with van der Waals surface area (Å²) in [7, 11) is 0. The van der Waals surface area contributed by atoms with Crippen molar-refractivity contribution in [3.05, 3.63) is 50.2 Å². The normalized spacial score (nSPS) is 11.5. The van der Waals surface area contributed by atoms with Crippen molar-refractivity contribution >= 4 is 59.8 Å². The highest BCUT2D eigenvalue weighted by atomic mass is 127. The molecule has 3 aromatic rings. The summed E-state index contributed by atoms with van der Waals surface area (Å²) in [6.07, 6.45) is 0. The van der Waals surface area contributed by atoms with Crippen molar-refractivity contribution in [3.63, 3.8) is 0 Å². The maximum absolute atomic E-state index is 13.0. The van der Waals surface area contributed by atoms with E-state index in [-0.39, 0.29) is 5.43 Å². The molecule has 2 aromatic carbocycles.